The summed E-state index contributed by atoms with van der Waals surface area (Å²) >= 11 is 1.75. The highest BCUT2D eigenvalue weighted by Gasteiger charge is 2.20. The molecule has 1 heterocycles. The molecule has 12 heavy (non-hydrogen) atoms. The minimum absolute atomic E-state index is 0.0758. The molecule has 1 amide bonds. The zero-order chi connectivity index (χ0) is 8.81. The molecule has 70 valence electrons. The average Bonchev–Trinajstić information content (AvgIpc) is 2.56. The van der Waals surface area contributed by atoms with E-state index in [9.17, 15) is 4.79 Å². The fourth-order valence-electron chi connectivity index (χ4n) is 1.31. The second-order valence-corrected chi connectivity index (χ2v) is 3.92. The summed E-state index contributed by atoms with van der Waals surface area (Å²) in [4.78, 5) is 11.3. The molecule has 0 aromatic rings. The molecule has 1 aliphatic rings. The van der Waals surface area contributed by atoms with E-state index in [1.54, 1.807) is 11.8 Å². The predicted octanol–water partition coefficient (Wildman–Crippen LogP) is 0.218. The number of rotatable bonds is 4. The topological polar surface area (TPSA) is 41.1 Å². The van der Waals surface area contributed by atoms with E-state index in [1.807, 2.05) is 6.26 Å². The summed E-state index contributed by atoms with van der Waals surface area (Å²) in [5.74, 6) is 1.17. The van der Waals surface area contributed by atoms with E-state index in [0.29, 0.717) is 0 Å². The maximum Gasteiger partial charge on any atom is 0.237 e. The lowest BCUT2D eigenvalue weighted by molar-refractivity contribution is -0.122. The zero-order valence-electron chi connectivity index (χ0n) is 7.43. The van der Waals surface area contributed by atoms with Gasteiger partial charge in [0.15, 0.2) is 0 Å². The molecule has 0 saturated carbocycles. The summed E-state index contributed by atoms with van der Waals surface area (Å²) in [7, 11) is 0. The Kier molecular flexibility index (Phi) is 4.46. The van der Waals surface area contributed by atoms with E-state index in [2.05, 4.69) is 10.6 Å². The fraction of sp³-hybridized carbons (Fsp3) is 0.875. The Morgan fingerprint density at radius 2 is 2.58 bits per heavy atom. The third kappa shape index (κ3) is 3.03. The van der Waals surface area contributed by atoms with Gasteiger partial charge in [0, 0.05) is 12.3 Å². The molecule has 1 fully saturated rings. The van der Waals surface area contributed by atoms with Crippen LogP contribution in [-0.4, -0.2) is 37.0 Å². The summed E-state index contributed by atoms with van der Waals surface area (Å²) in [6.45, 7) is 1.78. The highest BCUT2D eigenvalue weighted by molar-refractivity contribution is 7.98. The summed E-state index contributed by atoms with van der Waals surface area (Å²) in [6, 6.07) is 0.0758. The van der Waals surface area contributed by atoms with Gasteiger partial charge < -0.3 is 10.6 Å². The molecular weight excluding hydrogens is 172 g/mol. The molecule has 1 saturated heterocycles. The fourth-order valence-corrected chi connectivity index (χ4v) is 1.61. The average molecular weight is 188 g/mol. The van der Waals surface area contributed by atoms with Crippen LogP contribution in [0.4, 0.5) is 0 Å². The van der Waals surface area contributed by atoms with Crippen LogP contribution in [0.2, 0.25) is 0 Å². The first-order valence-electron chi connectivity index (χ1n) is 4.34. The molecule has 2 N–H and O–H groups in total. The van der Waals surface area contributed by atoms with Gasteiger partial charge in [0.2, 0.25) is 5.91 Å². The first kappa shape index (κ1) is 9.86. The lowest BCUT2D eigenvalue weighted by Crippen LogP contribution is -2.41. The van der Waals surface area contributed by atoms with Crippen molar-refractivity contribution in [3.05, 3.63) is 0 Å². The molecule has 1 rings (SSSR count). The normalized spacial score (nSPS) is 22.6. The van der Waals surface area contributed by atoms with Gasteiger partial charge in [-0.2, -0.15) is 11.8 Å². The summed E-state index contributed by atoms with van der Waals surface area (Å²) in [5.41, 5.74) is 0. The molecule has 0 spiro atoms. The van der Waals surface area contributed by atoms with Crippen molar-refractivity contribution >= 4 is 17.7 Å². The number of amides is 1. The first-order chi connectivity index (χ1) is 5.84. The number of hydrogen-bond acceptors (Lipinski definition) is 3. The van der Waals surface area contributed by atoms with Crippen LogP contribution < -0.4 is 10.6 Å². The van der Waals surface area contributed by atoms with Gasteiger partial charge in [0.05, 0.1) is 6.04 Å². The standard InChI is InChI=1S/C8H16N2OS/c1-12-6-5-10-8(11)7-3-2-4-9-7/h7,9H,2-6H2,1H3,(H,10,11). The van der Waals surface area contributed by atoms with E-state index in [4.69, 9.17) is 0 Å². The van der Waals surface area contributed by atoms with Gasteiger partial charge >= 0.3 is 0 Å². The van der Waals surface area contributed by atoms with Crippen molar-refractivity contribution in [3.63, 3.8) is 0 Å². The minimum atomic E-state index is 0.0758. The van der Waals surface area contributed by atoms with Crippen LogP contribution in [0.5, 0.6) is 0 Å². The minimum Gasteiger partial charge on any atom is -0.354 e. The van der Waals surface area contributed by atoms with Crippen LogP contribution in [0.3, 0.4) is 0 Å². The third-order valence-corrected chi connectivity index (χ3v) is 2.59. The van der Waals surface area contributed by atoms with Crippen molar-refractivity contribution in [2.45, 2.75) is 18.9 Å². The van der Waals surface area contributed by atoms with Crippen molar-refractivity contribution in [1.29, 1.82) is 0 Å². The van der Waals surface area contributed by atoms with Gasteiger partial charge in [0.25, 0.3) is 0 Å². The molecule has 1 atom stereocenters. The van der Waals surface area contributed by atoms with Crippen LogP contribution in [-0.2, 0) is 4.79 Å². The Morgan fingerprint density at radius 3 is 3.17 bits per heavy atom. The zero-order valence-corrected chi connectivity index (χ0v) is 8.25. The van der Waals surface area contributed by atoms with Crippen molar-refractivity contribution in [2.75, 3.05) is 25.1 Å². The van der Waals surface area contributed by atoms with Crippen molar-refractivity contribution in [2.24, 2.45) is 0 Å². The van der Waals surface area contributed by atoms with E-state index in [1.165, 1.54) is 0 Å². The molecule has 0 aromatic carbocycles. The lowest BCUT2D eigenvalue weighted by atomic mass is 10.2. The van der Waals surface area contributed by atoms with E-state index in [-0.39, 0.29) is 11.9 Å². The molecule has 4 heteroatoms. The molecular formula is C8H16N2OS. The van der Waals surface area contributed by atoms with E-state index >= 15 is 0 Å². The first-order valence-corrected chi connectivity index (χ1v) is 5.74. The highest BCUT2D eigenvalue weighted by Crippen LogP contribution is 2.04. The van der Waals surface area contributed by atoms with Crippen LogP contribution in [0.15, 0.2) is 0 Å². The number of carbonyl (C=O) groups excluding carboxylic acids is 1. The van der Waals surface area contributed by atoms with Gasteiger partial charge in [-0.1, -0.05) is 0 Å². The van der Waals surface area contributed by atoms with Gasteiger partial charge in [-0.3, -0.25) is 4.79 Å². The second-order valence-electron chi connectivity index (χ2n) is 2.93. The number of thioether (sulfide) groups is 1. The Labute approximate surface area is 77.7 Å². The third-order valence-electron chi connectivity index (χ3n) is 1.98. The molecule has 0 aliphatic carbocycles. The van der Waals surface area contributed by atoms with E-state index in [0.717, 1.165) is 31.7 Å². The molecule has 1 unspecified atom stereocenters. The monoisotopic (exact) mass is 188 g/mol. The SMILES string of the molecule is CSCCNC(=O)C1CCCN1. The maximum absolute atomic E-state index is 11.3. The van der Waals surface area contributed by atoms with Crippen molar-refractivity contribution < 1.29 is 4.79 Å². The molecule has 0 aromatic heterocycles. The van der Waals surface area contributed by atoms with Crippen LogP contribution in [0, 0.1) is 0 Å². The van der Waals surface area contributed by atoms with Crippen LogP contribution in [0.25, 0.3) is 0 Å². The van der Waals surface area contributed by atoms with Gasteiger partial charge in [-0.25, -0.2) is 0 Å². The Balaban J connectivity index is 2.10. The van der Waals surface area contributed by atoms with Crippen molar-refractivity contribution in [1.82, 2.24) is 10.6 Å². The summed E-state index contributed by atoms with van der Waals surface area (Å²) in [6.07, 6.45) is 4.16. The van der Waals surface area contributed by atoms with Gasteiger partial charge in [-0.15, -0.1) is 0 Å². The molecule has 1 aliphatic heterocycles. The molecule has 3 nitrogen and oxygen atoms in total. The Hall–Kier alpha value is -0.220. The van der Waals surface area contributed by atoms with Crippen LogP contribution in [0.1, 0.15) is 12.8 Å². The number of hydrogen-bond donors (Lipinski definition) is 2. The van der Waals surface area contributed by atoms with E-state index < -0.39 is 0 Å². The maximum atomic E-state index is 11.3. The summed E-state index contributed by atoms with van der Waals surface area (Å²) < 4.78 is 0. The predicted molar refractivity (Wildman–Crippen MR) is 52.4 cm³/mol. The van der Waals surface area contributed by atoms with Gasteiger partial charge in [0.1, 0.15) is 0 Å². The van der Waals surface area contributed by atoms with Gasteiger partial charge in [-0.05, 0) is 25.6 Å². The quantitative estimate of drug-likeness (QED) is 0.620. The summed E-state index contributed by atoms with van der Waals surface area (Å²) in [5, 5.41) is 6.07. The molecule has 0 radical (unpaired) electrons. The van der Waals surface area contributed by atoms with Crippen molar-refractivity contribution in [3.8, 4) is 0 Å². The number of nitrogens with one attached hydrogen (secondary N) is 2. The molecule has 0 bridgehead atoms. The second kappa shape index (κ2) is 5.43. The Morgan fingerprint density at radius 1 is 1.75 bits per heavy atom. The smallest absolute Gasteiger partial charge is 0.237 e. The largest absolute Gasteiger partial charge is 0.354 e. The lowest BCUT2D eigenvalue weighted by Gasteiger charge is -2.09. The highest BCUT2D eigenvalue weighted by atomic mass is 32.2. The Bertz CT molecular complexity index is 146. The van der Waals surface area contributed by atoms with Crippen LogP contribution >= 0.6 is 11.8 Å². The number of carbonyl (C=O) groups is 1.